The van der Waals surface area contributed by atoms with Crippen LogP contribution >= 0.6 is 0 Å². The van der Waals surface area contributed by atoms with Crippen LogP contribution in [0.5, 0.6) is 5.88 Å². The Morgan fingerprint density at radius 1 is 1.07 bits per heavy atom. The number of fused-ring (bicyclic) bond motifs is 1. The van der Waals surface area contributed by atoms with E-state index in [1.807, 2.05) is 6.08 Å². The van der Waals surface area contributed by atoms with Crippen molar-refractivity contribution in [3.05, 3.63) is 101 Å². The van der Waals surface area contributed by atoms with Gasteiger partial charge < -0.3 is 9.64 Å². The molecule has 7 nitrogen and oxygen atoms in total. The molecule has 1 aliphatic heterocycles. The van der Waals surface area contributed by atoms with E-state index in [9.17, 15) is 26.7 Å². The van der Waals surface area contributed by atoms with Gasteiger partial charge in [-0.25, -0.2) is 9.37 Å². The first-order valence-electron chi connectivity index (χ1n) is 14.4. The summed E-state index contributed by atoms with van der Waals surface area (Å²) in [5.41, 5.74) is 1.19. The van der Waals surface area contributed by atoms with Crippen LogP contribution in [-0.2, 0) is 4.79 Å². The highest BCUT2D eigenvalue weighted by atomic mass is 19.4. The Bertz CT molecular complexity index is 1700. The van der Waals surface area contributed by atoms with Crippen molar-refractivity contribution in [2.75, 3.05) is 33.7 Å². The quantitative estimate of drug-likeness (QED) is 0.128. The lowest BCUT2D eigenvalue weighted by molar-refractivity contribution is -0.124. The number of nitrogens with zero attached hydrogens (tertiary/aromatic N) is 4. The predicted octanol–water partition coefficient (Wildman–Crippen LogP) is 6.64. The number of ether oxygens (including phenoxy) is 1. The molecule has 1 saturated heterocycles. The number of likely N-dealkylation sites (tertiary alicyclic amines) is 1. The second-order valence-electron chi connectivity index (χ2n) is 11.1. The molecule has 1 fully saturated rings. The maximum absolute atomic E-state index is 14.5. The number of likely N-dealkylation sites (N-methyl/N-ethyl adjacent to an activating group) is 1. The van der Waals surface area contributed by atoms with Crippen LogP contribution in [0.4, 0.5) is 22.0 Å². The lowest BCUT2D eigenvalue weighted by atomic mass is 9.88. The van der Waals surface area contributed by atoms with Crippen molar-refractivity contribution in [3.63, 3.8) is 0 Å². The predicted molar refractivity (Wildman–Crippen MR) is 161 cm³/mol. The topological polar surface area (TPSA) is 74.3 Å². The number of H-pyrrole nitrogens is 1. The zero-order chi connectivity index (χ0) is 32.1. The zero-order valence-corrected chi connectivity index (χ0v) is 24.7. The lowest BCUT2D eigenvalue weighted by Crippen LogP contribution is -2.41. The number of piperidine rings is 1. The van der Waals surface area contributed by atoms with E-state index in [1.165, 1.54) is 41.4 Å². The van der Waals surface area contributed by atoms with Crippen LogP contribution in [0.1, 0.15) is 36.0 Å². The van der Waals surface area contributed by atoms with Crippen LogP contribution < -0.4 is 4.74 Å². The molecule has 3 heterocycles. The first-order valence-corrected chi connectivity index (χ1v) is 14.4. The van der Waals surface area contributed by atoms with E-state index < -0.39 is 24.4 Å². The molecular formula is C33H32F5N5O2. The molecule has 236 valence electrons. The fourth-order valence-electron chi connectivity index (χ4n) is 5.33. The minimum atomic E-state index is -4.60. The highest BCUT2D eigenvalue weighted by Gasteiger charge is 2.32. The first-order chi connectivity index (χ1) is 21.5. The van der Waals surface area contributed by atoms with Crippen molar-refractivity contribution in [1.29, 1.82) is 0 Å². The summed E-state index contributed by atoms with van der Waals surface area (Å²) in [7, 11) is 3.37. The van der Waals surface area contributed by atoms with E-state index in [0.717, 1.165) is 31.5 Å². The average Bonchev–Trinajstić information content (AvgIpc) is 3.37. The number of rotatable bonds is 9. The van der Waals surface area contributed by atoms with Crippen LogP contribution in [0.25, 0.3) is 22.0 Å². The van der Waals surface area contributed by atoms with Crippen molar-refractivity contribution in [2.24, 2.45) is 0 Å². The summed E-state index contributed by atoms with van der Waals surface area (Å²) < 4.78 is 76.3. The van der Waals surface area contributed by atoms with Crippen LogP contribution in [0.3, 0.4) is 0 Å². The SMILES string of the molecule is CN(C)C(=O)C=CCN1CCC[C@@H](Oc2ccc(/C(=C(/CC(F)(F)F)c3ccc(F)cc3)c3ccc4n[nH]c(F)c4c3)cn2)C1. The Hall–Kier alpha value is -4.58. The van der Waals surface area contributed by atoms with Gasteiger partial charge in [0, 0.05) is 51.1 Å². The maximum Gasteiger partial charge on any atom is 0.393 e. The summed E-state index contributed by atoms with van der Waals surface area (Å²) in [6.07, 6.45) is 0.375. The monoisotopic (exact) mass is 625 g/mol. The van der Waals surface area contributed by atoms with Gasteiger partial charge in [-0.05, 0) is 72.0 Å². The van der Waals surface area contributed by atoms with Crippen molar-refractivity contribution in [3.8, 4) is 5.88 Å². The number of carbonyl (C=O) groups is 1. The summed E-state index contributed by atoms with van der Waals surface area (Å²) in [4.78, 5) is 19.9. The fraction of sp³-hybridized carbons (Fsp3) is 0.303. The van der Waals surface area contributed by atoms with Gasteiger partial charge >= 0.3 is 6.18 Å². The summed E-state index contributed by atoms with van der Waals surface area (Å²) in [5.74, 6) is -1.09. The Kier molecular flexibility index (Phi) is 9.62. The van der Waals surface area contributed by atoms with Crippen molar-refractivity contribution in [2.45, 2.75) is 31.5 Å². The van der Waals surface area contributed by atoms with Gasteiger partial charge in [-0.2, -0.15) is 22.7 Å². The van der Waals surface area contributed by atoms with Gasteiger partial charge in [-0.3, -0.25) is 14.8 Å². The summed E-state index contributed by atoms with van der Waals surface area (Å²) >= 11 is 0. The summed E-state index contributed by atoms with van der Waals surface area (Å²) in [5, 5.41) is 6.24. The molecule has 2 aromatic heterocycles. The number of hydrogen-bond donors (Lipinski definition) is 1. The van der Waals surface area contributed by atoms with E-state index in [1.54, 1.807) is 32.3 Å². The Labute approximate surface area is 257 Å². The molecule has 5 rings (SSSR count). The minimum Gasteiger partial charge on any atom is -0.473 e. The second kappa shape index (κ2) is 13.6. The number of nitrogens with one attached hydrogen (secondary N) is 1. The number of alkyl halides is 3. The molecule has 12 heteroatoms. The number of carbonyl (C=O) groups excluding carboxylic acids is 1. The molecule has 0 aliphatic carbocycles. The van der Waals surface area contributed by atoms with Gasteiger partial charge in [0.2, 0.25) is 17.7 Å². The molecule has 1 atom stereocenters. The van der Waals surface area contributed by atoms with Crippen molar-refractivity contribution in [1.82, 2.24) is 25.0 Å². The Balaban J connectivity index is 1.46. The van der Waals surface area contributed by atoms with Gasteiger partial charge in [0.25, 0.3) is 0 Å². The number of amides is 1. The molecule has 1 amide bonds. The van der Waals surface area contributed by atoms with Crippen LogP contribution in [0, 0.1) is 11.8 Å². The summed E-state index contributed by atoms with van der Waals surface area (Å²) in [6.45, 7) is 2.06. The van der Waals surface area contributed by atoms with Gasteiger partial charge in [0.15, 0.2) is 0 Å². The number of aromatic nitrogens is 3. The van der Waals surface area contributed by atoms with E-state index in [0.29, 0.717) is 35.6 Å². The number of halogens is 5. The first kappa shape index (κ1) is 31.8. The largest absolute Gasteiger partial charge is 0.473 e. The lowest BCUT2D eigenvalue weighted by Gasteiger charge is -2.31. The number of allylic oxidation sites excluding steroid dienone is 1. The van der Waals surface area contributed by atoms with Crippen molar-refractivity contribution < 1.29 is 31.5 Å². The average molecular weight is 626 g/mol. The third kappa shape index (κ3) is 8.13. The second-order valence-corrected chi connectivity index (χ2v) is 11.1. The summed E-state index contributed by atoms with van der Waals surface area (Å²) in [6, 6.07) is 12.5. The molecule has 2 aromatic carbocycles. The van der Waals surface area contributed by atoms with E-state index in [2.05, 4.69) is 20.1 Å². The van der Waals surface area contributed by atoms with Crippen molar-refractivity contribution >= 4 is 28.0 Å². The Morgan fingerprint density at radius 2 is 1.80 bits per heavy atom. The third-order valence-corrected chi connectivity index (χ3v) is 7.51. The number of benzene rings is 2. The number of aromatic amines is 1. The number of hydrogen-bond acceptors (Lipinski definition) is 5. The fourth-order valence-corrected chi connectivity index (χ4v) is 5.33. The molecule has 0 radical (unpaired) electrons. The smallest absolute Gasteiger partial charge is 0.393 e. The van der Waals surface area contributed by atoms with E-state index >= 15 is 0 Å². The van der Waals surface area contributed by atoms with E-state index in [-0.39, 0.29) is 34.1 Å². The molecule has 0 bridgehead atoms. The standard InChI is InChI=1S/C33H32F5N5O2/c1-42(2)30(44)6-4-16-43-15-3-5-25(20-43)45-29-14-10-23(19-39-29)31(22-9-13-28-26(17-22)32(35)41-40-28)27(18-33(36,37)38)21-7-11-24(34)12-8-21/h4,6-14,17,19,25H,3,5,15-16,18,20H2,1-2H3,(H,40,41)/b6-4?,31-27-/t25-/m1/s1. The molecule has 4 aromatic rings. The highest BCUT2D eigenvalue weighted by Crippen LogP contribution is 2.40. The minimum absolute atomic E-state index is 0.0924. The molecular weight excluding hydrogens is 593 g/mol. The van der Waals surface area contributed by atoms with Crippen LogP contribution in [0.2, 0.25) is 0 Å². The van der Waals surface area contributed by atoms with Crippen LogP contribution in [-0.4, -0.2) is 76.9 Å². The molecule has 1 aliphatic rings. The molecule has 0 unspecified atom stereocenters. The van der Waals surface area contributed by atoms with Gasteiger partial charge in [-0.1, -0.05) is 24.3 Å². The normalized spacial score (nSPS) is 16.6. The van der Waals surface area contributed by atoms with Crippen LogP contribution in [0.15, 0.2) is 72.9 Å². The highest BCUT2D eigenvalue weighted by molar-refractivity contribution is 6.00. The molecule has 0 spiro atoms. The molecule has 45 heavy (non-hydrogen) atoms. The zero-order valence-electron chi connectivity index (χ0n) is 24.7. The molecule has 0 saturated carbocycles. The van der Waals surface area contributed by atoms with Gasteiger partial charge in [0.05, 0.1) is 17.3 Å². The van der Waals surface area contributed by atoms with Gasteiger partial charge in [-0.15, -0.1) is 0 Å². The van der Waals surface area contributed by atoms with E-state index in [4.69, 9.17) is 4.74 Å². The Morgan fingerprint density at radius 3 is 2.49 bits per heavy atom. The number of pyridine rings is 1. The third-order valence-electron chi connectivity index (χ3n) is 7.51. The van der Waals surface area contributed by atoms with Gasteiger partial charge in [0.1, 0.15) is 11.9 Å². The molecule has 1 N–H and O–H groups in total. The maximum atomic E-state index is 14.5.